The van der Waals surface area contributed by atoms with Gasteiger partial charge >= 0.3 is 0 Å². The molecule has 106 valence electrons. The van der Waals surface area contributed by atoms with Gasteiger partial charge in [-0.3, -0.25) is 4.90 Å². The van der Waals surface area contributed by atoms with Crippen molar-refractivity contribution in [2.45, 2.75) is 58.5 Å². The van der Waals surface area contributed by atoms with Crippen LogP contribution < -0.4 is 5.73 Å². The van der Waals surface area contributed by atoms with Crippen LogP contribution in [0.25, 0.3) is 0 Å². The predicted octanol–water partition coefficient (Wildman–Crippen LogP) is 3.57. The molecule has 1 fully saturated rings. The van der Waals surface area contributed by atoms with Gasteiger partial charge in [-0.25, -0.2) is 0 Å². The molecule has 1 aromatic carbocycles. The summed E-state index contributed by atoms with van der Waals surface area (Å²) in [5.74, 6) is 0. The van der Waals surface area contributed by atoms with Gasteiger partial charge in [0.15, 0.2) is 0 Å². The Hall–Kier alpha value is -0.860. The molecule has 19 heavy (non-hydrogen) atoms. The zero-order valence-electron chi connectivity index (χ0n) is 12.7. The van der Waals surface area contributed by atoms with E-state index >= 15 is 0 Å². The molecule has 0 aliphatic carbocycles. The standard InChI is InChI=1S/C17H28N2/c1-4-15-7-5-6-10-19(15)17(12-18)16-11-13(2)8-9-14(16)3/h8-9,11,15,17H,4-7,10,12,18H2,1-3H3. The summed E-state index contributed by atoms with van der Waals surface area (Å²) >= 11 is 0. The number of rotatable bonds is 4. The van der Waals surface area contributed by atoms with Gasteiger partial charge in [-0.1, -0.05) is 37.1 Å². The van der Waals surface area contributed by atoms with Crippen LogP contribution in [-0.4, -0.2) is 24.0 Å². The SMILES string of the molecule is CCC1CCCCN1C(CN)c1cc(C)ccc1C. The lowest BCUT2D eigenvalue weighted by molar-refractivity contribution is 0.0946. The van der Waals surface area contributed by atoms with E-state index in [0.717, 1.165) is 6.54 Å². The molecule has 0 bridgehead atoms. The van der Waals surface area contributed by atoms with E-state index in [-0.39, 0.29) is 0 Å². The number of nitrogens with two attached hydrogens (primary N) is 1. The first-order valence-corrected chi connectivity index (χ1v) is 7.70. The lowest BCUT2D eigenvalue weighted by Crippen LogP contribution is -2.44. The molecule has 2 rings (SSSR count). The smallest absolute Gasteiger partial charge is 0.0476 e. The minimum Gasteiger partial charge on any atom is -0.329 e. The van der Waals surface area contributed by atoms with Crippen molar-refractivity contribution in [2.75, 3.05) is 13.1 Å². The van der Waals surface area contributed by atoms with E-state index in [2.05, 4.69) is 43.9 Å². The summed E-state index contributed by atoms with van der Waals surface area (Å²) in [5.41, 5.74) is 10.3. The highest BCUT2D eigenvalue weighted by Gasteiger charge is 2.28. The third-order valence-electron chi connectivity index (χ3n) is 4.56. The zero-order chi connectivity index (χ0) is 13.8. The minimum absolute atomic E-state index is 0.394. The number of nitrogens with zero attached hydrogens (tertiary/aromatic N) is 1. The molecule has 1 aliphatic rings. The Morgan fingerprint density at radius 2 is 2.11 bits per heavy atom. The second-order valence-electron chi connectivity index (χ2n) is 5.91. The molecule has 2 N–H and O–H groups in total. The first kappa shape index (κ1) is 14.5. The number of hydrogen-bond acceptors (Lipinski definition) is 2. The molecular weight excluding hydrogens is 232 g/mol. The molecule has 2 unspecified atom stereocenters. The average molecular weight is 260 g/mol. The molecule has 2 atom stereocenters. The first-order chi connectivity index (χ1) is 9.17. The maximum Gasteiger partial charge on any atom is 0.0476 e. The minimum atomic E-state index is 0.394. The fraction of sp³-hybridized carbons (Fsp3) is 0.647. The van der Waals surface area contributed by atoms with Gasteiger partial charge in [-0.15, -0.1) is 0 Å². The molecule has 0 amide bonds. The quantitative estimate of drug-likeness (QED) is 0.896. The molecule has 1 heterocycles. The van der Waals surface area contributed by atoms with Crippen LogP contribution in [0.1, 0.15) is 55.3 Å². The van der Waals surface area contributed by atoms with Crippen LogP contribution >= 0.6 is 0 Å². The Morgan fingerprint density at radius 3 is 2.79 bits per heavy atom. The molecule has 1 aromatic rings. The van der Waals surface area contributed by atoms with Gasteiger partial charge in [0, 0.05) is 18.6 Å². The number of likely N-dealkylation sites (tertiary alicyclic amines) is 1. The van der Waals surface area contributed by atoms with Gasteiger partial charge in [0.25, 0.3) is 0 Å². The Balaban J connectivity index is 2.29. The lowest BCUT2D eigenvalue weighted by Gasteiger charge is -2.41. The van der Waals surface area contributed by atoms with Crippen LogP contribution in [0.5, 0.6) is 0 Å². The highest BCUT2D eigenvalue weighted by atomic mass is 15.2. The van der Waals surface area contributed by atoms with Crippen LogP contribution in [0.15, 0.2) is 18.2 Å². The van der Waals surface area contributed by atoms with Crippen molar-refractivity contribution in [2.24, 2.45) is 5.73 Å². The van der Waals surface area contributed by atoms with Crippen molar-refractivity contribution < 1.29 is 0 Å². The highest BCUT2D eigenvalue weighted by molar-refractivity contribution is 5.33. The Morgan fingerprint density at radius 1 is 1.32 bits per heavy atom. The van der Waals surface area contributed by atoms with E-state index in [1.54, 1.807) is 0 Å². The first-order valence-electron chi connectivity index (χ1n) is 7.70. The van der Waals surface area contributed by atoms with E-state index in [1.165, 1.54) is 48.9 Å². The zero-order valence-corrected chi connectivity index (χ0v) is 12.7. The summed E-state index contributed by atoms with van der Waals surface area (Å²) < 4.78 is 0. The number of hydrogen-bond donors (Lipinski definition) is 1. The Bertz CT molecular complexity index is 414. The van der Waals surface area contributed by atoms with E-state index in [4.69, 9.17) is 5.73 Å². The van der Waals surface area contributed by atoms with Crippen molar-refractivity contribution in [3.05, 3.63) is 34.9 Å². The van der Waals surface area contributed by atoms with Gasteiger partial charge < -0.3 is 5.73 Å². The summed E-state index contributed by atoms with van der Waals surface area (Å²) in [4.78, 5) is 2.66. The summed E-state index contributed by atoms with van der Waals surface area (Å²) in [6, 6.07) is 7.86. The van der Waals surface area contributed by atoms with Gasteiger partial charge in [0.1, 0.15) is 0 Å². The Kier molecular flexibility index (Phi) is 5.00. The largest absolute Gasteiger partial charge is 0.329 e. The molecule has 0 aromatic heterocycles. The second-order valence-corrected chi connectivity index (χ2v) is 5.91. The summed E-state index contributed by atoms with van der Waals surface area (Å²) in [6.07, 6.45) is 5.26. The monoisotopic (exact) mass is 260 g/mol. The van der Waals surface area contributed by atoms with Crippen molar-refractivity contribution in [3.63, 3.8) is 0 Å². The molecular formula is C17H28N2. The molecule has 1 saturated heterocycles. The van der Waals surface area contributed by atoms with Gasteiger partial charge in [0.05, 0.1) is 0 Å². The summed E-state index contributed by atoms with van der Waals surface area (Å²) in [7, 11) is 0. The van der Waals surface area contributed by atoms with Gasteiger partial charge in [0.2, 0.25) is 0 Å². The molecule has 2 nitrogen and oxygen atoms in total. The van der Waals surface area contributed by atoms with Gasteiger partial charge in [-0.05, 0) is 50.8 Å². The molecule has 0 spiro atoms. The van der Waals surface area contributed by atoms with E-state index in [9.17, 15) is 0 Å². The molecule has 1 aliphatic heterocycles. The maximum atomic E-state index is 6.13. The highest BCUT2D eigenvalue weighted by Crippen LogP contribution is 2.31. The molecule has 0 radical (unpaired) electrons. The third-order valence-corrected chi connectivity index (χ3v) is 4.56. The maximum absolute atomic E-state index is 6.13. The van der Waals surface area contributed by atoms with Crippen LogP contribution in [0, 0.1) is 13.8 Å². The van der Waals surface area contributed by atoms with Crippen LogP contribution in [0.2, 0.25) is 0 Å². The summed E-state index contributed by atoms with van der Waals surface area (Å²) in [6.45, 7) is 8.61. The van der Waals surface area contributed by atoms with Crippen molar-refractivity contribution in [1.82, 2.24) is 4.90 Å². The third kappa shape index (κ3) is 3.18. The van der Waals surface area contributed by atoms with Gasteiger partial charge in [-0.2, -0.15) is 0 Å². The average Bonchev–Trinajstić information content (AvgIpc) is 2.44. The van der Waals surface area contributed by atoms with Crippen LogP contribution in [0.3, 0.4) is 0 Å². The number of benzene rings is 1. The van der Waals surface area contributed by atoms with E-state index < -0.39 is 0 Å². The van der Waals surface area contributed by atoms with E-state index in [0.29, 0.717) is 12.1 Å². The normalized spacial score (nSPS) is 22.4. The molecule has 2 heteroatoms. The van der Waals surface area contributed by atoms with Crippen molar-refractivity contribution >= 4 is 0 Å². The summed E-state index contributed by atoms with van der Waals surface area (Å²) in [5, 5.41) is 0. The van der Waals surface area contributed by atoms with Crippen LogP contribution in [-0.2, 0) is 0 Å². The fourth-order valence-electron chi connectivity index (χ4n) is 3.43. The Labute approximate surface area is 118 Å². The van der Waals surface area contributed by atoms with Crippen molar-refractivity contribution in [1.29, 1.82) is 0 Å². The van der Waals surface area contributed by atoms with Crippen LogP contribution in [0.4, 0.5) is 0 Å². The fourth-order valence-corrected chi connectivity index (χ4v) is 3.43. The second kappa shape index (κ2) is 6.53. The predicted molar refractivity (Wildman–Crippen MR) is 82.3 cm³/mol. The number of aryl methyl sites for hydroxylation is 2. The molecule has 0 saturated carbocycles. The topological polar surface area (TPSA) is 29.3 Å². The van der Waals surface area contributed by atoms with E-state index in [1.807, 2.05) is 0 Å². The van der Waals surface area contributed by atoms with Crippen molar-refractivity contribution in [3.8, 4) is 0 Å². The number of piperidine rings is 1. The lowest BCUT2D eigenvalue weighted by atomic mass is 9.92.